The zero-order chi connectivity index (χ0) is 24.9. The van der Waals surface area contributed by atoms with Gasteiger partial charge in [0.15, 0.2) is 0 Å². The van der Waals surface area contributed by atoms with E-state index in [0.29, 0.717) is 12.2 Å². The highest BCUT2D eigenvalue weighted by Crippen LogP contribution is 2.36. The molecule has 0 saturated carbocycles. The van der Waals surface area contributed by atoms with Crippen LogP contribution in [0.1, 0.15) is 52.5 Å². The number of carbonyl (C=O) groups excluding carboxylic acids is 1. The van der Waals surface area contributed by atoms with Crippen LogP contribution >= 0.6 is 0 Å². The number of carboxylic acid groups (broad SMARTS) is 1. The summed E-state index contributed by atoms with van der Waals surface area (Å²) in [5, 5.41) is 11.3. The van der Waals surface area contributed by atoms with Gasteiger partial charge in [0.25, 0.3) is 5.91 Å². The Morgan fingerprint density at radius 1 is 1.09 bits per heavy atom. The van der Waals surface area contributed by atoms with Crippen LogP contribution in [0.4, 0.5) is 18.9 Å². The summed E-state index contributed by atoms with van der Waals surface area (Å²) in [7, 11) is 0. The van der Waals surface area contributed by atoms with Crippen LogP contribution in [0.15, 0.2) is 66.9 Å². The Kier molecular flexibility index (Phi) is 7.61. The number of aliphatic carboxylic acids is 1. The maximum Gasteiger partial charge on any atom is 0.418 e. The molecule has 0 aliphatic heterocycles. The SMILES string of the molecule is CC(C)c1c(C(=O)Nc2cc(CC(=O)O)ccc2C(F)(F)F)ccn1C/C=C/c1ccccc1. The van der Waals surface area contributed by atoms with Crippen LogP contribution in [0, 0.1) is 0 Å². The van der Waals surface area contributed by atoms with Gasteiger partial charge in [-0.05, 0) is 35.2 Å². The summed E-state index contributed by atoms with van der Waals surface area (Å²) in [4.78, 5) is 24.0. The highest BCUT2D eigenvalue weighted by Gasteiger charge is 2.34. The van der Waals surface area contributed by atoms with Gasteiger partial charge in [-0.2, -0.15) is 13.2 Å². The predicted octanol–water partition coefficient (Wildman–Crippen LogP) is 6.22. The van der Waals surface area contributed by atoms with Crippen molar-refractivity contribution in [1.82, 2.24) is 4.57 Å². The lowest BCUT2D eigenvalue weighted by Gasteiger charge is -2.17. The number of nitrogens with zero attached hydrogens (tertiary/aromatic N) is 1. The van der Waals surface area contributed by atoms with E-state index in [0.717, 1.165) is 23.8 Å². The summed E-state index contributed by atoms with van der Waals surface area (Å²) in [6, 6.07) is 14.2. The fourth-order valence-electron chi connectivity index (χ4n) is 3.76. The highest BCUT2D eigenvalue weighted by molar-refractivity contribution is 6.05. The number of amides is 1. The molecule has 8 heteroatoms. The molecule has 178 valence electrons. The molecule has 1 heterocycles. The Labute approximate surface area is 195 Å². The van der Waals surface area contributed by atoms with Crippen molar-refractivity contribution < 1.29 is 27.9 Å². The van der Waals surface area contributed by atoms with Gasteiger partial charge in [-0.25, -0.2) is 0 Å². The molecular weight excluding hydrogens is 445 g/mol. The average Bonchev–Trinajstić information content (AvgIpc) is 3.18. The smallest absolute Gasteiger partial charge is 0.418 e. The molecule has 1 amide bonds. The van der Waals surface area contributed by atoms with E-state index in [2.05, 4.69) is 5.32 Å². The highest BCUT2D eigenvalue weighted by atomic mass is 19.4. The third-order valence-corrected chi connectivity index (χ3v) is 5.20. The van der Waals surface area contributed by atoms with Crippen molar-refractivity contribution in [3.8, 4) is 0 Å². The van der Waals surface area contributed by atoms with Gasteiger partial charge < -0.3 is 15.0 Å². The molecule has 2 aromatic carbocycles. The molecule has 3 rings (SSSR count). The van der Waals surface area contributed by atoms with Crippen LogP contribution in [-0.2, 0) is 23.9 Å². The van der Waals surface area contributed by atoms with E-state index >= 15 is 0 Å². The number of carboxylic acids is 1. The van der Waals surface area contributed by atoms with Crippen LogP contribution in [0.2, 0.25) is 0 Å². The minimum atomic E-state index is -4.71. The van der Waals surface area contributed by atoms with Gasteiger partial charge in [-0.3, -0.25) is 9.59 Å². The molecular formula is C26H25F3N2O3. The van der Waals surface area contributed by atoms with Crippen molar-refractivity contribution in [2.45, 2.75) is 38.9 Å². The molecule has 0 aliphatic carbocycles. The van der Waals surface area contributed by atoms with E-state index < -0.39 is 35.7 Å². The number of aromatic nitrogens is 1. The second-order valence-corrected chi connectivity index (χ2v) is 8.14. The summed E-state index contributed by atoms with van der Waals surface area (Å²) in [6.07, 6.45) is 0.459. The minimum absolute atomic E-state index is 0.0682. The fourth-order valence-corrected chi connectivity index (χ4v) is 3.76. The summed E-state index contributed by atoms with van der Waals surface area (Å²) < 4.78 is 42.4. The van der Waals surface area contributed by atoms with Gasteiger partial charge in [0.2, 0.25) is 0 Å². The molecule has 0 fully saturated rings. The van der Waals surface area contributed by atoms with Crippen LogP contribution in [0.5, 0.6) is 0 Å². The third kappa shape index (κ3) is 6.15. The largest absolute Gasteiger partial charge is 0.481 e. The lowest BCUT2D eigenvalue weighted by Crippen LogP contribution is -2.19. The van der Waals surface area contributed by atoms with Crippen molar-refractivity contribution in [3.05, 3.63) is 94.8 Å². The number of nitrogens with one attached hydrogen (secondary N) is 1. The van der Waals surface area contributed by atoms with E-state index in [9.17, 15) is 22.8 Å². The van der Waals surface area contributed by atoms with Crippen LogP contribution in [0.25, 0.3) is 6.08 Å². The first-order valence-electron chi connectivity index (χ1n) is 10.7. The minimum Gasteiger partial charge on any atom is -0.481 e. The topological polar surface area (TPSA) is 71.3 Å². The van der Waals surface area contributed by atoms with Crippen LogP contribution in [-0.4, -0.2) is 21.6 Å². The molecule has 0 spiro atoms. The molecule has 0 radical (unpaired) electrons. The Hall–Kier alpha value is -3.81. The zero-order valence-electron chi connectivity index (χ0n) is 18.8. The zero-order valence-corrected chi connectivity index (χ0v) is 18.8. The second-order valence-electron chi connectivity index (χ2n) is 8.14. The molecule has 0 unspecified atom stereocenters. The summed E-state index contributed by atoms with van der Waals surface area (Å²) >= 11 is 0. The predicted molar refractivity (Wildman–Crippen MR) is 125 cm³/mol. The molecule has 0 saturated heterocycles. The van der Waals surface area contributed by atoms with Crippen molar-refractivity contribution in [3.63, 3.8) is 0 Å². The Balaban J connectivity index is 1.88. The first-order chi connectivity index (χ1) is 16.1. The summed E-state index contributed by atoms with van der Waals surface area (Å²) in [6.45, 7) is 4.29. The number of halogens is 3. The van der Waals surface area contributed by atoms with Crippen molar-refractivity contribution >= 4 is 23.6 Å². The van der Waals surface area contributed by atoms with Gasteiger partial charge in [0.1, 0.15) is 0 Å². The monoisotopic (exact) mass is 470 g/mol. The number of rotatable bonds is 8. The van der Waals surface area contributed by atoms with Gasteiger partial charge in [0.05, 0.1) is 23.2 Å². The van der Waals surface area contributed by atoms with Crippen molar-refractivity contribution in [2.75, 3.05) is 5.32 Å². The quantitative estimate of drug-likeness (QED) is 0.410. The number of alkyl halides is 3. The van der Waals surface area contributed by atoms with Gasteiger partial charge >= 0.3 is 12.1 Å². The number of allylic oxidation sites excluding steroid dienone is 1. The molecule has 0 bridgehead atoms. The second kappa shape index (κ2) is 10.4. The number of benzene rings is 2. The van der Waals surface area contributed by atoms with Crippen LogP contribution < -0.4 is 5.32 Å². The fraction of sp³-hybridized carbons (Fsp3) is 0.231. The molecule has 34 heavy (non-hydrogen) atoms. The lowest BCUT2D eigenvalue weighted by atomic mass is 10.0. The number of hydrogen-bond acceptors (Lipinski definition) is 2. The van der Waals surface area contributed by atoms with Crippen molar-refractivity contribution in [2.24, 2.45) is 0 Å². The van der Waals surface area contributed by atoms with Gasteiger partial charge in [-0.15, -0.1) is 0 Å². The molecule has 0 aliphatic rings. The number of carbonyl (C=O) groups is 2. The summed E-state index contributed by atoms with van der Waals surface area (Å²) in [5.74, 6) is -1.94. The first-order valence-corrected chi connectivity index (χ1v) is 10.7. The Morgan fingerprint density at radius 2 is 1.79 bits per heavy atom. The first kappa shape index (κ1) is 24.8. The lowest BCUT2D eigenvalue weighted by molar-refractivity contribution is -0.137. The number of hydrogen-bond donors (Lipinski definition) is 2. The van der Waals surface area contributed by atoms with Crippen LogP contribution in [0.3, 0.4) is 0 Å². The van der Waals surface area contributed by atoms with E-state index in [-0.39, 0.29) is 17.0 Å². The summed E-state index contributed by atoms with van der Waals surface area (Å²) in [5.41, 5.74) is 0.627. The molecule has 3 aromatic rings. The van der Waals surface area contributed by atoms with Crippen molar-refractivity contribution in [1.29, 1.82) is 0 Å². The molecule has 1 aromatic heterocycles. The third-order valence-electron chi connectivity index (χ3n) is 5.20. The maximum atomic E-state index is 13.5. The van der Waals surface area contributed by atoms with E-state index in [1.165, 1.54) is 0 Å². The Bertz CT molecular complexity index is 1200. The standard InChI is InChI=1S/C26H25F3N2O3/c1-17(2)24-20(12-14-31(24)13-6-9-18-7-4-3-5-8-18)25(34)30-22-15-19(16-23(32)33)10-11-21(22)26(27,28)29/h3-12,14-15,17H,13,16H2,1-2H3,(H,30,34)(H,32,33)/b9-6+. The maximum absolute atomic E-state index is 13.5. The Morgan fingerprint density at radius 3 is 2.41 bits per heavy atom. The number of anilines is 1. The van der Waals surface area contributed by atoms with Gasteiger partial charge in [0, 0.05) is 18.4 Å². The van der Waals surface area contributed by atoms with Gasteiger partial charge in [-0.1, -0.05) is 62.4 Å². The molecule has 2 N–H and O–H groups in total. The van der Waals surface area contributed by atoms with E-state index in [4.69, 9.17) is 5.11 Å². The van der Waals surface area contributed by atoms with E-state index in [1.807, 2.05) is 60.9 Å². The van der Waals surface area contributed by atoms with E-state index in [1.54, 1.807) is 12.3 Å². The molecule has 5 nitrogen and oxygen atoms in total. The normalized spacial score (nSPS) is 11.8. The molecule has 0 atom stereocenters. The average molecular weight is 470 g/mol.